The van der Waals surface area contributed by atoms with Crippen LogP contribution in [0.25, 0.3) is 0 Å². The molecule has 1 aliphatic heterocycles. The van der Waals surface area contributed by atoms with Crippen LogP contribution >= 0.6 is 0 Å². The third kappa shape index (κ3) is 2.14. The van der Waals surface area contributed by atoms with Crippen LogP contribution in [-0.2, 0) is 0 Å². The Morgan fingerprint density at radius 2 is 2.06 bits per heavy atom. The first-order valence-corrected chi connectivity index (χ1v) is 7.18. The summed E-state index contributed by atoms with van der Waals surface area (Å²) in [5.74, 6) is 1.96. The summed E-state index contributed by atoms with van der Waals surface area (Å²) < 4.78 is 5.52. The van der Waals surface area contributed by atoms with E-state index in [0.29, 0.717) is 6.04 Å². The lowest BCUT2D eigenvalue weighted by atomic mass is 9.86. The first-order valence-electron chi connectivity index (χ1n) is 7.18. The molecule has 2 nitrogen and oxygen atoms in total. The van der Waals surface area contributed by atoms with Gasteiger partial charge in [0, 0.05) is 17.6 Å². The number of ether oxygens (including phenoxy) is 1. The molecule has 3 unspecified atom stereocenters. The zero-order valence-electron chi connectivity index (χ0n) is 11.4. The molecule has 3 rings (SSSR count). The standard InChI is InChI=1S/C16H23NO/c1-11-6-9-16(18-2)13(10-11)15-8-7-12-4-3-5-14(12)17-15/h6,9-10,12,14-15,17H,3-5,7-8H2,1-2H3. The minimum absolute atomic E-state index is 0.485. The summed E-state index contributed by atoms with van der Waals surface area (Å²) in [5, 5.41) is 3.85. The fourth-order valence-corrected chi connectivity index (χ4v) is 3.70. The van der Waals surface area contributed by atoms with E-state index in [1.807, 2.05) is 0 Å². The Bertz CT molecular complexity index is 429. The second kappa shape index (κ2) is 4.93. The van der Waals surface area contributed by atoms with E-state index in [-0.39, 0.29) is 0 Å². The first kappa shape index (κ1) is 12.0. The van der Waals surface area contributed by atoms with Crippen LogP contribution in [0.4, 0.5) is 0 Å². The molecular weight excluding hydrogens is 222 g/mol. The Balaban J connectivity index is 1.84. The molecule has 1 heterocycles. The van der Waals surface area contributed by atoms with Gasteiger partial charge in [-0.15, -0.1) is 0 Å². The van der Waals surface area contributed by atoms with Crippen molar-refractivity contribution in [3.63, 3.8) is 0 Å². The van der Waals surface area contributed by atoms with E-state index in [1.165, 1.54) is 43.2 Å². The molecule has 18 heavy (non-hydrogen) atoms. The molecule has 2 heteroatoms. The second-order valence-electron chi connectivity index (χ2n) is 5.84. The summed E-state index contributed by atoms with van der Waals surface area (Å²) in [5.41, 5.74) is 2.67. The molecule has 1 N–H and O–H groups in total. The van der Waals surface area contributed by atoms with Crippen LogP contribution in [0.15, 0.2) is 18.2 Å². The Labute approximate surface area is 110 Å². The number of methoxy groups -OCH3 is 1. The first-order chi connectivity index (χ1) is 8.78. The SMILES string of the molecule is COc1ccc(C)cc1C1CCC2CCCC2N1. The highest BCUT2D eigenvalue weighted by atomic mass is 16.5. The van der Waals surface area contributed by atoms with Crippen LogP contribution in [0.1, 0.15) is 49.3 Å². The number of hydrogen-bond donors (Lipinski definition) is 1. The maximum Gasteiger partial charge on any atom is 0.123 e. The third-order valence-electron chi connectivity index (χ3n) is 4.66. The molecule has 3 atom stereocenters. The summed E-state index contributed by atoms with van der Waals surface area (Å²) in [4.78, 5) is 0. The van der Waals surface area contributed by atoms with Crippen LogP contribution in [0.3, 0.4) is 0 Å². The van der Waals surface area contributed by atoms with E-state index in [0.717, 1.165) is 17.7 Å². The summed E-state index contributed by atoms with van der Waals surface area (Å²) in [6.45, 7) is 2.16. The van der Waals surface area contributed by atoms with Crippen molar-refractivity contribution in [2.75, 3.05) is 7.11 Å². The van der Waals surface area contributed by atoms with Gasteiger partial charge in [-0.3, -0.25) is 0 Å². The normalized spacial score (nSPS) is 31.1. The summed E-state index contributed by atoms with van der Waals surface area (Å²) in [6, 6.07) is 7.75. The topological polar surface area (TPSA) is 21.3 Å². The number of rotatable bonds is 2. The largest absolute Gasteiger partial charge is 0.496 e. The second-order valence-corrected chi connectivity index (χ2v) is 5.84. The molecular formula is C16H23NO. The molecule has 2 fully saturated rings. The van der Waals surface area contributed by atoms with Crippen LogP contribution in [-0.4, -0.2) is 13.2 Å². The summed E-state index contributed by atoms with van der Waals surface area (Å²) in [7, 11) is 1.77. The minimum atomic E-state index is 0.485. The molecule has 0 spiro atoms. The monoisotopic (exact) mass is 245 g/mol. The predicted octanol–water partition coefficient (Wildman–Crippen LogP) is 3.60. The van der Waals surface area contributed by atoms with Crippen molar-refractivity contribution in [1.29, 1.82) is 0 Å². The Kier molecular flexibility index (Phi) is 3.29. The highest BCUT2D eigenvalue weighted by Crippen LogP contribution is 2.40. The number of hydrogen-bond acceptors (Lipinski definition) is 2. The van der Waals surface area contributed by atoms with E-state index < -0.39 is 0 Å². The van der Waals surface area contributed by atoms with E-state index in [9.17, 15) is 0 Å². The molecule has 0 amide bonds. The van der Waals surface area contributed by atoms with Gasteiger partial charge in [-0.25, -0.2) is 0 Å². The van der Waals surface area contributed by atoms with E-state index >= 15 is 0 Å². The van der Waals surface area contributed by atoms with Crippen LogP contribution < -0.4 is 10.1 Å². The number of nitrogens with one attached hydrogen (secondary N) is 1. The summed E-state index contributed by atoms with van der Waals surface area (Å²) >= 11 is 0. The molecule has 1 aliphatic carbocycles. The van der Waals surface area contributed by atoms with Crippen molar-refractivity contribution in [2.24, 2.45) is 5.92 Å². The Morgan fingerprint density at radius 1 is 1.17 bits per heavy atom. The van der Waals surface area contributed by atoms with Crippen LogP contribution in [0.5, 0.6) is 5.75 Å². The maximum absolute atomic E-state index is 5.52. The highest BCUT2D eigenvalue weighted by Gasteiger charge is 2.34. The fourth-order valence-electron chi connectivity index (χ4n) is 3.70. The molecule has 0 aromatic heterocycles. The molecule has 0 radical (unpaired) electrons. The van der Waals surface area contributed by atoms with Crippen molar-refractivity contribution in [1.82, 2.24) is 5.32 Å². The molecule has 1 saturated carbocycles. The smallest absolute Gasteiger partial charge is 0.123 e. The Hall–Kier alpha value is -1.02. The van der Waals surface area contributed by atoms with Gasteiger partial charge < -0.3 is 10.1 Å². The lowest BCUT2D eigenvalue weighted by Crippen LogP contribution is -2.40. The fraction of sp³-hybridized carbons (Fsp3) is 0.625. The number of piperidine rings is 1. The van der Waals surface area contributed by atoms with Crippen molar-refractivity contribution in [3.8, 4) is 5.75 Å². The summed E-state index contributed by atoms with van der Waals surface area (Å²) in [6.07, 6.45) is 6.81. The Morgan fingerprint density at radius 3 is 2.89 bits per heavy atom. The van der Waals surface area contributed by atoms with Gasteiger partial charge in [0.2, 0.25) is 0 Å². The van der Waals surface area contributed by atoms with Gasteiger partial charge in [0.05, 0.1) is 7.11 Å². The zero-order chi connectivity index (χ0) is 12.5. The maximum atomic E-state index is 5.52. The molecule has 0 bridgehead atoms. The van der Waals surface area contributed by atoms with Crippen molar-refractivity contribution in [2.45, 2.75) is 51.1 Å². The molecule has 98 valence electrons. The van der Waals surface area contributed by atoms with Gasteiger partial charge in [0.15, 0.2) is 0 Å². The molecule has 2 aliphatic rings. The van der Waals surface area contributed by atoms with Gasteiger partial charge >= 0.3 is 0 Å². The third-order valence-corrected chi connectivity index (χ3v) is 4.66. The molecule has 1 aromatic rings. The van der Waals surface area contributed by atoms with Crippen molar-refractivity contribution >= 4 is 0 Å². The van der Waals surface area contributed by atoms with Crippen molar-refractivity contribution in [3.05, 3.63) is 29.3 Å². The zero-order valence-corrected chi connectivity index (χ0v) is 11.4. The lowest BCUT2D eigenvalue weighted by Gasteiger charge is -2.34. The van der Waals surface area contributed by atoms with Gasteiger partial charge in [-0.05, 0) is 44.6 Å². The van der Waals surface area contributed by atoms with Crippen molar-refractivity contribution < 1.29 is 4.74 Å². The van der Waals surface area contributed by atoms with E-state index in [1.54, 1.807) is 7.11 Å². The van der Waals surface area contributed by atoms with Crippen LogP contribution in [0, 0.1) is 12.8 Å². The lowest BCUT2D eigenvalue weighted by molar-refractivity contribution is 0.256. The number of benzene rings is 1. The van der Waals surface area contributed by atoms with Gasteiger partial charge in [0.25, 0.3) is 0 Å². The number of aryl methyl sites for hydroxylation is 1. The molecule has 1 aromatic carbocycles. The number of fused-ring (bicyclic) bond motifs is 1. The average Bonchev–Trinajstić information content (AvgIpc) is 2.85. The van der Waals surface area contributed by atoms with E-state index in [2.05, 4.69) is 30.4 Å². The quantitative estimate of drug-likeness (QED) is 0.859. The van der Waals surface area contributed by atoms with Gasteiger partial charge in [0.1, 0.15) is 5.75 Å². The van der Waals surface area contributed by atoms with E-state index in [4.69, 9.17) is 4.74 Å². The minimum Gasteiger partial charge on any atom is -0.496 e. The highest BCUT2D eigenvalue weighted by molar-refractivity contribution is 5.39. The van der Waals surface area contributed by atoms with Gasteiger partial charge in [-0.2, -0.15) is 0 Å². The van der Waals surface area contributed by atoms with Gasteiger partial charge in [-0.1, -0.05) is 24.1 Å². The van der Waals surface area contributed by atoms with Crippen LogP contribution in [0.2, 0.25) is 0 Å². The molecule has 1 saturated heterocycles. The predicted molar refractivity (Wildman–Crippen MR) is 74.0 cm³/mol. The average molecular weight is 245 g/mol.